The predicted molar refractivity (Wildman–Crippen MR) is 95.5 cm³/mol. The quantitative estimate of drug-likeness (QED) is 0.334. The minimum absolute atomic E-state index is 0.0784. The van der Waals surface area contributed by atoms with E-state index in [0.29, 0.717) is 25.3 Å². The van der Waals surface area contributed by atoms with Gasteiger partial charge >= 0.3 is 0 Å². The van der Waals surface area contributed by atoms with Crippen LogP contribution in [0.3, 0.4) is 0 Å². The molecule has 3 N–H and O–H groups in total. The first kappa shape index (κ1) is 18.7. The fourth-order valence-electron chi connectivity index (χ4n) is 2.75. The molecule has 0 spiro atoms. The first-order valence-electron chi connectivity index (χ1n) is 8.29. The summed E-state index contributed by atoms with van der Waals surface area (Å²) < 4.78 is 6.44. The third-order valence-corrected chi connectivity index (χ3v) is 4.78. The zero-order chi connectivity index (χ0) is 17.5. The van der Waals surface area contributed by atoms with Crippen molar-refractivity contribution < 1.29 is 14.3 Å². The van der Waals surface area contributed by atoms with Crippen molar-refractivity contribution in [1.82, 2.24) is 10.3 Å². The lowest BCUT2D eigenvalue weighted by Gasteiger charge is -2.31. The Morgan fingerprint density at radius 2 is 2.25 bits per heavy atom. The van der Waals surface area contributed by atoms with Gasteiger partial charge in [-0.15, -0.1) is 0 Å². The molecule has 1 aromatic rings. The van der Waals surface area contributed by atoms with Crippen LogP contribution < -0.4 is 16.0 Å². The second-order valence-electron chi connectivity index (χ2n) is 5.95. The Morgan fingerprint density at radius 3 is 2.92 bits per heavy atom. The van der Waals surface area contributed by atoms with Gasteiger partial charge in [-0.3, -0.25) is 15.0 Å². The maximum atomic E-state index is 12.7. The van der Waals surface area contributed by atoms with Crippen molar-refractivity contribution in [1.29, 1.82) is 0 Å². The molecule has 24 heavy (non-hydrogen) atoms. The topological polar surface area (TPSA) is 84.7 Å². The summed E-state index contributed by atoms with van der Waals surface area (Å²) in [6.07, 6.45) is 3.61. The fraction of sp³-hybridized carbons (Fsp3) is 0.529. The summed E-state index contributed by atoms with van der Waals surface area (Å²) in [6, 6.07) is 5.35. The summed E-state index contributed by atoms with van der Waals surface area (Å²) >= 11 is 3.46. The number of hydrazine groups is 1. The molecule has 1 aromatic carbocycles. The van der Waals surface area contributed by atoms with Gasteiger partial charge in [-0.2, -0.15) is 0 Å². The van der Waals surface area contributed by atoms with Crippen molar-refractivity contribution in [2.24, 2.45) is 11.8 Å². The van der Waals surface area contributed by atoms with Crippen molar-refractivity contribution in [3.63, 3.8) is 0 Å². The highest BCUT2D eigenvalue weighted by Gasteiger charge is 2.28. The lowest BCUT2D eigenvalue weighted by atomic mass is 9.97. The van der Waals surface area contributed by atoms with E-state index < -0.39 is 0 Å². The maximum Gasteiger partial charge on any atom is 0.253 e. The minimum Gasteiger partial charge on any atom is -0.492 e. The summed E-state index contributed by atoms with van der Waals surface area (Å²) in [5.41, 5.74) is 2.76. The number of hydrogen-bond acceptors (Lipinski definition) is 4. The smallest absolute Gasteiger partial charge is 0.253 e. The van der Waals surface area contributed by atoms with Gasteiger partial charge in [0.05, 0.1) is 17.0 Å². The van der Waals surface area contributed by atoms with Crippen LogP contribution >= 0.6 is 15.9 Å². The number of halogens is 1. The number of nitrogens with zero attached hydrogens (tertiary/aromatic N) is 1. The van der Waals surface area contributed by atoms with Crippen LogP contribution in [-0.2, 0) is 4.79 Å². The molecule has 1 saturated heterocycles. The van der Waals surface area contributed by atoms with Gasteiger partial charge in [0.1, 0.15) is 5.75 Å². The number of carbonyl (C=O) groups excluding carboxylic acids is 2. The van der Waals surface area contributed by atoms with Crippen molar-refractivity contribution >= 4 is 27.7 Å². The van der Waals surface area contributed by atoms with Crippen LogP contribution in [0, 0.1) is 5.92 Å². The Hall–Kier alpha value is -1.60. The molecule has 0 aliphatic carbocycles. The Bertz CT molecular complexity index is 594. The van der Waals surface area contributed by atoms with Crippen LogP contribution in [0.2, 0.25) is 0 Å². The standard InChI is InChI=1S/C17H24BrN3O3/c1-2-3-9-24-15-7-6-12(10-14(15)18)17(23)21-8-4-5-13(11-21)16(22)20-19/h6-7,10,13H,2-5,8-9,11,19H2,1H3,(H,20,22). The van der Waals surface area contributed by atoms with Crippen LogP contribution in [0.25, 0.3) is 0 Å². The number of nitrogens with one attached hydrogen (secondary N) is 1. The normalized spacial score (nSPS) is 17.5. The zero-order valence-electron chi connectivity index (χ0n) is 13.9. The van der Waals surface area contributed by atoms with Gasteiger partial charge in [-0.05, 0) is 53.4 Å². The summed E-state index contributed by atoms with van der Waals surface area (Å²) in [7, 11) is 0. The first-order chi connectivity index (χ1) is 11.6. The molecule has 0 aromatic heterocycles. The fourth-order valence-corrected chi connectivity index (χ4v) is 3.25. The number of ether oxygens (including phenoxy) is 1. The molecule has 1 atom stereocenters. The van der Waals surface area contributed by atoms with Gasteiger partial charge in [0, 0.05) is 18.7 Å². The molecule has 132 valence electrons. The Morgan fingerprint density at radius 1 is 1.46 bits per heavy atom. The number of hydrogen-bond donors (Lipinski definition) is 2. The number of nitrogens with two attached hydrogens (primary N) is 1. The molecule has 1 aliphatic rings. The van der Waals surface area contributed by atoms with E-state index >= 15 is 0 Å². The summed E-state index contributed by atoms with van der Waals surface area (Å²) in [5.74, 6) is 5.40. The molecule has 0 radical (unpaired) electrons. The number of unbranched alkanes of at least 4 members (excludes halogenated alkanes) is 1. The van der Waals surface area contributed by atoms with E-state index in [-0.39, 0.29) is 17.7 Å². The van der Waals surface area contributed by atoms with Gasteiger partial charge in [-0.1, -0.05) is 13.3 Å². The number of benzene rings is 1. The van der Waals surface area contributed by atoms with E-state index in [9.17, 15) is 9.59 Å². The third-order valence-electron chi connectivity index (χ3n) is 4.16. The van der Waals surface area contributed by atoms with Crippen LogP contribution in [0.15, 0.2) is 22.7 Å². The molecular formula is C17H24BrN3O3. The van der Waals surface area contributed by atoms with E-state index in [2.05, 4.69) is 28.3 Å². The Kier molecular flexibility index (Phi) is 7.05. The van der Waals surface area contributed by atoms with Crippen LogP contribution in [0.5, 0.6) is 5.75 Å². The molecule has 1 fully saturated rings. The summed E-state index contributed by atoms with van der Waals surface area (Å²) in [4.78, 5) is 26.1. The lowest BCUT2D eigenvalue weighted by Crippen LogP contribution is -2.47. The average Bonchev–Trinajstić information content (AvgIpc) is 2.62. The van der Waals surface area contributed by atoms with Gasteiger partial charge in [0.15, 0.2) is 0 Å². The van der Waals surface area contributed by atoms with Crippen LogP contribution in [0.1, 0.15) is 43.0 Å². The van der Waals surface area contributed by atoms with E-state index in [4.69, 9.17) is 10.6 Å². The van der Waals surface area contributed by atoms with Gasteiger partial charge in [0.25, 0.3) is 5.91 Å². The molecule has 7 heteroatoms. The van der Waals surface area contributed by atoms with Crippen LogP contribution in [-0.4, -0.2) is 36.4 Å². The summed E-state index contributed by atoms with van der Waals surface area (Å²) in [5, 5.41) is 0. The highest BCUT2D eigenvalue weighted by Crippen LogP contribution is 2.27. The largest absolute Gasteiger partial charge is 0.492 e. The number of amides is 2. The monoisotopic (exact) mass is 397 g/mol. The van der Waals surface area contributed by atoms with E-state index in [1.54, 1.807) is 23.1 Å². The summed E-state index contributed by atoms with van der Waals surface area (Å²) in [6.45, 7) is 3.81. The number of carbonyl (C=O) groups is 2. The first-order valence-corrected chi connectivity index (χ1v) is 9.08. The average molecular weight is 398 g/mol. The molecule has 1 heterocycles. The Balaban J connectivity index is 2.03. The number of likely N-dealkylation sites (tertiary alicyclic amines) is 1. The molecule has 2 amide bonds. The van der Waals surface area contributed by atoms with Crippen molar-refractivity contribution in [3.05, 3.63) is 28.2 Å². The molecular weight excluding hydrogens is 374 g/mol. The van der Waals surface area contributed by atoms with E-state index in [1.165, 1.54) is 0 Å². The van der Waals surface area contributed by atoms with Crippen molar-refractivity contribution in [2.75, 3.05) is 19.7 Å². The molecule has 0 bridgehead atoms. The SMILES string of the molecule is CCCCOc1ccc(C(=O)N2CCCC(C(=O)NN)C2)cc1Br. The lowest BCUT2D eigenvalue weighted by molar-refractivity contribution is -0.126. The predicted octanol–water partition coefficient (Wildman–Crippen LogP) is 2.47. The Labute approximate surface area is 150 Å². The molecule has 0 saturated carbocycles. The van der Waals surface area contributed by atoms with E-state index in [1.807, 2.05) is 0 Å². The highest BCUT2D eigenvalue weighted by molar-refractivity contribution is 9.10. The molecule has 1 aliphatic heterocycles. The molecule has 6 nitrogen and oxygen atoms in total. The second-order valence-corrected chi connectivity index (χ2v) is 6.80. The van der Waals surface area contributed by atoms with Crippen molar-refractivity contribution in [2.45, 2.75) is 32.6 Å². The van der Waals surface area contributed by atoms with Crippen LogP contribution in [0.4, 0.5) is 0 Å². The van der Waals surface area contributed by atoms with E-state index in [0.717, 1.165) is 35.9 Å². The third kappa shape index (κ3) is 4.70. The molecule has 1 unspecified atom stereocenters. The number of rotatable bonds is 6. The van der Waals surface area contributed by atoms with Crippen molar-refractivity contribution in [3.8, 4) is 5.75 Å². The minimum atomic E-state index is -0.243. The zero-order valence-corrected chi connectivity index (χ0v) is 15.5. The van der Waals surface area contributed by atoms with Gasteiger partial charge < -0.3 is 9.64 Å². The molecule has 2 rings (SSSR count). The van der Waals surface area contributed by atoms with Gasteiger partial charge in [0.2, 0.25) is 5.91 Å². The second kappa shape index (κ2) is 9.03. The van der Waals surface area contributed by atoms with Gasteiger partial charge in [-0.25, -0.2) is 5.84 Å². The maximum absolute atomic E-state index is 12.7. The highest BCUT2D eigenvalue weighted by atomic mass is 79.9. The number of piperidine rings is 1.